The number of carbonyl (C=O) groups is 1. The van der Waals surface area contributed by atoms with E-state index in [0.29, 0.717) is 39.3 Å². The Hall–Kier alpha value is -2.91. The largest absolute Gasteiger partial charge is 0.493 e. The lowest BCUT2D eigenvalue weighted by molar-refractivity contribution is -0.534. The summed E-state index contributed by atoms with van der Waals surface area (Å²) >= 11 is 3.50. The van der Waals surface area contributed by atoms with Gasteiger partial charge in [-0.25, -0.2) is 0 Å². The second-order valence-corrected chi connectivity index (χ2v) is 8.47. The van der Waals surface area contributed by atoms with Crippen LogP contribution in [0.15, 0.2) is 53.5 Å². The second-order valence-electron chi connectivity index (χ2n) is 7.62. The minimum Gasteiger partial charge on any atom is -0.493 e. The van der Waals surface area contributed by atoms with Gasteiger partial charge in [-0.3, -0.25) is 19.8 Å². The number of halogens is 1. The van der Waals surface area contributed by atoms with Crippen LogP contribution in [0.4, 0.5) is 5.69 Å². The molecule has 0 aromatic heterocycles. The lowest BCUT2D eigenvalue weighted by atomic mass is 9.79. The number of rotatable bonds is 6. The fraction of sp³-hybridized carbons (Fsp3) is 0.318. The van der Waals surface area contributed by atoms with E-state index in [0.717, 1.165) is 0 Å². The molecule has 3 atom stereocenters. The van der Waals surface area contributed by atoms with Gasteiger partial charge in [0, 0.05) is 22.7 Å². The molecular weight excluding hydrogens is 466 g/mol. The normalized spacial score (nSPS) is 24.7. The predicted molar refractivity (Wildman–Crippen MR) is 119 cm³/mol. The summed E-state index contributed by atoms with van der Waals surface area (Å²) in [7, 11) is 3.27. The van der Waals surface area contributed by atoms with Crippen LogP contribution in [0.3, 0.4) is 0 Å². The molecule has 2 aliphatic rings. The Morgan fingerprint density at radius 3 is 2.84 bits per heavy atom. The lowest BCUT2D eigenvalue weighted by Crippen LogP contribution is -2.54. The number of amides is 1. The molecule has 2 heterocycles. The first kappa shape index (κ1) is 21.3. The Balaban J connectivity index is 1.85. The van der Waals surface area contributed by atoms with Crippen molar-refractivity contribution >= 4 is 27.5 Å². The van der Waals surface area contributed by atoms with Gasteiger partial charge in [0.1, 0.15) is 6.61 Å². The Morgan fingerprint density at radius 1 is 1.42 bits per heavy atom. The van der Waals surface area contributed by atoms with Crippen LogP contribution in [-0.4, -0.2) is 49.1 Å². The molecule has 0 saturated carbocycles. The molecule has 2 aliphatic heterocycles. The number of benzene rings is 2. The predicted octanol–water partition coefficient (Wildman–Crippen LogP) is 3.54. The topological polar surface area (TPSA) is 93.9 Å². The number of para-hydroxylation sites is 1. The average molecular weight is 488 g/mol. The number of likely N-dealkylation sites (N-methyl/N-ethyl adjacent to an activating group) is 1. The maximum atomic E-state index is 13.2. The minimum atomic E-state index is -1.39. The number of ether oxygens (including phenoxy) is 2. The standard InChI is InChI=1S/C22H22BrN3O5/c1-4-9-31-19-16(23)10-13(11-18(19)30-3)14-12-25(2)22(20(14)26(28)29)15-7-5-6-8-17(15)24-21(22)27/h4-8,10-11,14,20H,1,9,12H2,2-3H3,(H,24,27)/t14-,20+,22+/m0/s1. The van der Waals surface area contributed by atoms with Gasteiger partial charge in [-0.1, -0.05) is 30.9 Å². The molecule has 0 unspecified atom stereocenters. The zero-order chi connectivity index (χ0) is 22.3. The van der Waals surface area contributed by atoms with Gasteiger partial charge >= 0.3 is 0 Å². The van der Waals surface area contributed by atoms with Crippen LogP contribution in [0.5, 0.6) is 11.5 Å². The first-order valence-corrected chi connectivity index (χ1v) is 10.5. The quantitative estimate of drug-likeness (QED) is 0.380. The smallest absolute Gasteiger partial charge is 0.256 e. The minimum absolute atomic E-state index is 0.290. The number of fused-ring (bicyclic) bond motifs is 2. The number of nitrogens with one attached hydrogen (secondary N) is 1. The zero-order valence-electron chi connectivity index (χ0n) is 17.1. The number of carbonyl (C=O) groups excluding carboxylic acids is 1. The van der Waals surface area contributed by atoms with E-state index in [1.54, 1.807) is 54.4 Å². The Bertz CT molecular complexity index is 1080. The van der Waals surface area contributed by atoms with E-state index in [9.17, 15) is 14.9 Å². The van der Waals surface area contributed by atoms with E-state index in [4.69, 9.17) is 9.47 Å². The van der Waals surface area contributed by atoms with Crippen molar-refractivity contribution in [1.29, 1.82) is 0 Å². The number of nitrogens with zero attached hydrogens (tertiary/aromatic N) is 2. The molecule has 2 aromatic carbocycles. The summed E-state index contributed by atoms with van der Waals surface area (Å²) < 4.78 is 11.8. The van der Waals surface area contributed by atoms with E-state index in [-0.39, 0.29) is 17.4 Å². The summed E-state index contributed by atoms with van der Waals surface area (Å²) in [5.41, 5.74) is 0.544. The summed E-state index contributed by atoms with van der Waals surface area (Å²) in [4.78, 5) is 27.1. The number of likely N-dealkylation sites (tertiary alicyclic amines) is 1. The Kier molecular flexibility index (Phi) is 5.49. The van der Waals surface area contributed by atoms with Crippen LogP contribution < -0.4 is 14.8 Å². The molecule has 0 bridgehead atoms. The molecule has 162 valence electrons. The molecule has 9 heteroatoms. The lowest BCUT2D eigenvalue weighted by Gasteiger charge is -2.30. The van der Waals surface area contributed by atoms with Crippen molar-refractivity contribution in [2.45, 2.75) is 17.5 Å². The fourth-order valence-corrected chi connectivity index (χ4v) is 5.39. The highest BCUT2D eigenvalue weighted by atomic mass is 79.9. The number of hydrogen-bond acceptors (Lipinski definition) is 6. The van der Waals surface area contributed by atoms with E-state index < -0.39 is 17.5 Å². The van der Waals surface area contributed by atoms with Gasteiger partial charge in [0.05, 0.1) is 17.5 Å². The highest BCUT2D eigenvalue weighted by Crippen LogP contribution is 2.53. The van der Waals surface area contributed by atoms with Gasteiger partial charge in [0.25, 0.3) is 11.9 Å². The van der Waals surface area contributed by atoms with Gasteiger partial charge in [-0.05, 0) is 46.7 Å². The average Bonchev–Trinajstić information content (AvgIpc) is 3.22. The molecule has 4 rings (SSSR count). The molecule has 8 nitrogen and oxygen atoms in total. The van der Waals surface area contributed by atoms with Crippen molar-refractivity contribution in [3.8, 4) is 11.5 Å². The maximum absolute atomic E-state index is 13.2. The van der Waals surface area contributed by atoms with Crippen LogP contribution >= 0.6 is 15.9 Å². The molecule has 1 spiro atoms. The molecule has 1 fully saturated rings. The number of hydrogen-bond donors (Lipinski definition) is 1. The van der Waals surface area contributed by atoms with Crippen molar-refractivity contribution < 1.29 is 19.2 Å². The SMILES string of the molecule is C=CCOc1c(Br)cc([C@@H]2CN(C)[C@@]3(C(=O)Nc4ccccc43)[C@@H]2[N+](=O)[O-])cc1OC. The third kappa shape index (κ3) is 3.11. The van der Waals surface area contributed by atoms with Crippen molar-refractivity contribution in [1.82, 2.24) is 4.90 Å². The Labute approximate surface area is 188 Å². The highest BCUT2D eigenvalue weighted by Gasteiger charge is 2.68. The molecule has 0 aliphatic carbocycles. The first-order chi connectivity index (χ1) is 14.9. The van der Waals surface area contributed by atoms with Crippen LogP contribution in [0.25, 0.3) is 0 Å². The number of anilines is 1. The van der Waals surface area contributed by atoms with Crippen molar-refractivity contribution in [3.63, 3.8) is 0 Å². The fourth-order valence-electron chi connectivity index (χ4n) is 4.82. The molecule has 31 heavy (non-hydrogen) atoms. The monoisotopic (exact) mass is 487 g/mol. The second kappa shape index (κ2) is 7.97. The zero-order valence-corrected chi connectivity index (χ0v) is 18.7. The van der Waals surface area contributed by atoms with Gasteiger partial charge in [0.15, 0.2) is 17.0 Å². The van der Waals surface area contributed by atoms with Gasteiger partial charge in [0.2, 0.25) is 0 Å². The van der Waals surface area contributed by atoms with Crippen molar-refractivity contribution in [2.24, 2.45) is 0 Å². The highest BCUT2D eigenvalue weighted by molar-refractivity contribution is 9.10. The van der Waals surface area contributed by atoms with Crippen LogP contribution in [0, 0.1) is 10.1 Å². The van der Waals surface area contributed by atoms with Crippen LogP contribution in [0.1, 0.15) is 17.0 Å². The summed E-state index contributed by atoms with van der Waals surface area (Å²) in [5, 5.41) is 15.3. The Morgan fingerprint density at radius 2 is 2.16 bits per heavy atom. The van der Waals surface area contributed by atoms with Gasteiger partial charge < -0.3 is 14.8 Å². The third-order valence-electron chi connectivity index (χ3n) is 6.07. The maximum Gasteiger partial charge on any atom is 0.256 e. The molecule has 2 aromatic rings. The third-order valence-corrected chi connectivity index (χ3v) is 6.66. The van der Waals surface area contributed by atoms with Gasteiger partial charge in [-0.15, -0.1) is 0 Å². The molecule has 1 amide bonds. The van der Waals surface area contributed by atoms with E-state index >= 15 is 0 Å². The summed E-state index contributed by atoms with van der Waals surface area (Å²) in [6, 6.07) is 9.51. The van der Waals surface area contributed by atoms with Crippen molar-refractivity contribution in [3.05, 3.63) is 74.8 Å². The molecule has 1 saturated heterocycles. The number of methoxy groups -OCH3 is 1. The van der Waals surface area contributed by atoms with Crippen LogP contribution in [-0.2, 0) is 10.3 Å². The van der Waals surface area contributed by atoms with E-state index in [1.165, 1.54) is 7.11 Å². The van der Waals surface area contributed by atoms with E-state index in [2.05, 4.69) is 27.8 Å². The summed E-state index contributed by atoms with van der Waals surface area (Å²) in [6.45, 7) is 4.26. The summed E-state index contributed by atoms with van der Waals surface area (Å²) in [6.07, 6.45) is 1.62. The summed E-state index contributed by atoms with van der Waals surface area (Å²) in [5.74, 6) is 0.0231. The molecular formula is C22H22BrN3O5. The van der Waals surface area contributed by atoms with E-state index in [1.807, 2.05) is 0 Å². The van der Waals surface area contributed by atoms with Gasteiger partial charge in [-0.2, -0.15) is 0 Å². The first-order valence-electron chi connectivity index (χ1n) is 9.73. The molecule has 1 N–H and O–H groups in total. The number of nitro groups is 1. The van der Waals surface area contributed by atoms with Crippen LogP contribution in [0.2, 0.25) is 0 Å². The molecule has 0 radical (unpaired) electrons. The van der Waals surface area contributed by atoms with Crippen molar-refractivity contribution in [2.75, 3.05) is 32.6 Å².